The van der Waals surface area contributed by atoms with E-state index in [0.29, 0.717) is 16.5 Å². The van der Waals surface area contributed by atoms with Crippen molar-refractivity contribution in [3.05, 3.63) is 82.0 Å². The van der Waals surface area contributed by atoms with Gasteiger partial charge in [0.1, 0.15) is 17.0 Å². The summed E-state index contributed by atoms with van der Waals surface area (Å²) in [7, 11) is 0. The number of benzene rings is 2. The fourth-order valence-electron chi connectivity index (χ4n) is 3.94. The summed E-state index contributed by atoms with van der Waals surface area (Å²) in [5, 5.41) is 0.694. The Hall–Kier alpha value is -2.95. The summed E-state index contributed by atoms with van der Waals surface area (Å²) in [5.74, 6) is -0.740. The van der Waals surface area contributed by atoms with Crippen LogP contribution in [0.3, 0.4) is 0 Å². The minimum Gasteiger partial charge on any atom is -0.422 e. The zero-order valence-corrected chi connectivity index (χ0v) is 15.6. The standard InChI is InChI=1S/C23H22FNO3/c24-20-12-6-4-9-17(20)15-25(18-10-2-1-3-11-18)22(26)19-14-16-8-5-7-13-21(16)28-23(19)27/h4-9,12-14,18H,1-3,10-11,15H2. The maximum atomic E-state index is 14.3. The Labute approximate surface area is 162 Å². The van der Waals surface area contributed by atoms with Crippen LogP contribution in [0.25, 0.3) is 11.0 Å². The molecule has 1 heterocycles. The Morgan fingerprint density at radius 3 is 2.54 bits per heavy atom. The average molecular weight is 379 g/mol. The zero-order chi connectivity index (χ0) is 19.5. The molecule has 4 rings (SSSR count). The molecule has 1 saturated carbocycles. The minimum atomic E-state index is -0.655. The summed E-state index contributed by atoms with van der Waals surface area (Å²) in [6.45, 7) is 0.141. The molecule has 1 aliphatic carbocycles. The first-order chi connectivity index (χ1) is 13.6. The lowest BCUT2D eigenvalue weighted by Gasteiger charge is -2.34. The smallest absolute Gasteiger partial charge is 0.349 e. The van der Waals surface area contributed by atoms with Gasteiger partial charge in [0.2, 0.25) is 0 Å². The molecule has 144 valence electrons. The lowest BCUT2D eigenvalue weighted by Crippen LogP contribution is -2.42. The monoisotopic (exact) mass is 379 g/mol. The van der Waals surface area contributed by atoms with Gasteiger partial charge < -0.3 is 9.32 Å². The molecular weight excluding hydrogens is 357 g/mol. The number of carbonyl (C=O) groups excluding carboxylic acids is 1. The fraction of sp³-hybridized carbons (Fsp3) is 0.304. The van der Waals surface area contributed by atoms with E-state index in [0.717, 1.165) is 32.1 Å². The molecule has 3 aromatic rings. The van der Waals surface area contributed by atoms with Crippen LogP contribution in [-0.2, 0) is 6.54 Å². The topological polar surface area (TPSA) is 50.5 Å². The third kappa shape index (κ3) is 3.70. The Kier molecular flexibility index (Phi) is 5.24. The third-order valence-electron chi connectivity index (χ3n) is 5.45. The summed E-state index contributed by atoms with van der Waals surface area (Å²) < 4.78 is 19.6. The van der Waals surface area contributed by atoms with E-state index in [4.69, 9.17) is 4.42 Å². The van der Waals surface area contributed by atoms with Gasteiger partial charge in [-0.3, -0.25) is 4.79 Å². The van der Waals surface area contributed by atoms with Crippen molar-refractivity contribution >= 4 is 16.9 Å². The summed E-state index contributed by atoms with van der Waals surface area (Å²) in [6.07, 6.45) is 4.91. The minimum absolute atomic E-state index is 0.000567. The van der Waals surface area contributed by atoms with Gasteiger partial charge in [0.25, 0.3) is 5.91 Å². The normalized spacial score (nSPS) is 14.9. The molecule has 0 aliphatic heterocycles. The SMILES string of the molecule is O=C(c1cc2ccccc2oc1=O)N(Cc1ccccc1F)C1CCCCC1. The van der Waals surface area contributed by atoms with Crippen molar-refractivity contribution in [3.63, 3.8) is 0 Å². The van der Waals surface area contributed by atoms with Gasteiger partial charge in [-0.1, -0.05) is 55.7 Å². The Morgan fingerprint density at radius 2 is 1.75 bits per heavy atom. The van der Waals surface area contributed by atoms with Crippen LogP contribution in [0.5, 0.6) is 0 Å². The van der Waals surface area contributed by atoms with Crippen molar-refractivity contribution in [3.8, 4) is 0 Å². The van der Waals surface area contributed by atoms with Crippen LogP contribution in [0.15, 0.2) is 63.8 Å². The Balaban J connectivity index is 1.73. The molecule has 0 radical (unpaired) electrons. The highest BCUT2D eigenvalue weighted by Crippen LogP contribution is 2.26. The number of halogens is 1. The summed E-state index contributed by atoms with van der Waals surface area (Å²) >= 11 is 0. The molecule has 1 amide bonds. The van der Waals surface area contributed by atoms with Crippen LogP contribution in [-0.4, -0.2) is 16.8 Å². The average Bonchev–Trinajstić information content (AvgIpc) is 2.73. The molecule has 0 N–H and O–H groups in total. The fourth-order valence-corrected chi connectivity index (χ4v) is 3.94. The maximum Gasteiger partial charge on any atom is 0.349 e. The van der Waals surface area contributed by atoms with Gasteiger partial charge in [-0.2, -0.15) is 0 Å². The first kappa shape index (κ1) is 18.4. The highest BCUT2D eigenvalue weighted by atomic mass is 19.1. The molecule has 0 saturated heterocycles. The van der Waals surface area contributed by atoms with E-state index in [1.807, 2.05) is 6.07 Å². The third-order valence-corrected chi connectivity index (χ3v) is 5.45. The summed E-state index contributed by atoms with van der Waals surface area (Å²) in [6, 6.07) is 15.1. The second kappa shape index (κ2) is 7.97. The van der Waals surface area contributed by atoms with E-state index in [-0.39, 0.29) is 24.0 Å². The van der Waals surface area contributed by atoms with Gasteiger partial charge in [-0.05, 0) is 31.0 Å². The molecule has 0 atom stereocenters. The Morgan fingerprint density at radius 1 is 1.04 bits per heavy atom. The molecule has 0 spiro atoms. The van der Waals surface area contributed by atoms with Gasteiger partial charge in [0.05, 0.1) is 0 Å². The van der Waals surface area contributed by atoms with Crippen LogP contribution >= 0.6 is 0 Å². The van der Waals surface area contributed by atoms with Crippen molar-refractivity contribution in [2.75, 3.05) is 0 Å². The van der Waals surface area contributed by atoms with Gasteiger partial charge in [-0.15, -0.1) is 0 Å². The van der Waals surface area contributed by atoms with Gasteiger partial charge >= 0.3 is 5.63 Å². The summed E-state index contributed by atoms with van der Waals surface area (Å²) in [4.78, 5) is 27.5. The number of fused-ring (bicyclic) bond motifs is 1. The van der Waals surface area contributed by atoms with Crippen LogP contribution in [0.1, 0.15) is 48.0 Å². The molecule has 1 fully saturated rings. The van der Waals surface area contributed by atoms with Gasteiger partial charge in [-0.25, -0.2) is 9.18 Å². The molecule has 1 aliphatic rings. The largest absolute Gasteiger partial charge is 0.422 e. The number of para-hydroxylation sites is 1. The molecule has 4 nitrogen and oxygen atoms in total. The maximum absolute atomic E-state index is 14.3. The first-order valence-corrected chi connectivity index (χ1v) is 9.71. The number of hydrogen-bond donors (Lipinski definition) is 0. The van der Waals surface area contributed by atoms with Crippen molar-refractivity contribution < 1.29 is 13.6 Å². The van der Waals surface area contributed by atoms with E-state index in [9.17, 15) is 14.0 Å². The van der Waals surface area contributed by atoms with Crippen LogP contribution in [0.4, 0.5) is 4.39 Å². The van der Waals surface area contributed by atoms with E-state index in [1.165, 1.54) is 6.07 Å². The van der Waals surface area contributed by atoms with E-state index >= 15 is 0 Å². The summed E-state index contributed by atoms with van der Waals surface area (Å²) in [5.41, 5.74) is 0.243. The number of nitrogens with zero attached hydrogens (tertiary/aromatic N) is 1. The lowest BCUT2D eigenvalue weighted by molar-refractivity contribution is 0.0607. The van der Waals surface area contributed by atoms with E-state index in [2.05, 4.69) is 0 Å². The molecular formula is C23H22FNO3. The van der Waals surface area contributed by atoms with Crippen molar-refractivity contribution in [2.45, 2.75) is 44.7 Å². The van der Waals surface area contributed by atoms with Crippen LogP contribution in [0.2, 0.25) is 0 Å². The lowest BCUT2D eigenvalue weighted by atomic mass is 9.93. The second-order valence-corrected chi connectivity index (χ2v) is 7.30. The Bertz CT molecular complexity index is 1050. The molecule has 0 bridgehead atoms. The number of amides is 1. The number of carbonyl (C=O) groups is 1. The molecule has 28 heavy (non-hydrogen) atoms. The molecule has 5 heteroatoms. The predicted molar refractivity (Wildman–Crippen MR) is 106 cm³/mol. The number of hydrogen-bond acceptors (Lipinski definition) is 3. The second-order valence-electron chi connectivity index (χ2n) is 7.30. The van der Waals surface area contributed by atoms with Gasteiger partial charge in [0.15, 0.2) is 0 Å². The number of rotatable bonds is 4. The van der Waals surface area contributed by atoms with Gasteiger partial charge in [0, 0.05) is 23.5 Å². The highest BCUT2D eigenvalue weighted by molar-refractivity contribution is 5.96. The van der Waals surface area contributed by atoms with Crippen LogP contribution < -0.4 is 5.63 Å². The predicted octanol–water partition coefficient (Wildman–Crippen LogP) is 4.91. The van der Waals surface area contributed by atoms with Crippen molar-refractivity contribution in [2.24, 2.45) is 0 Å². The van der Waals surface area contributed by atoms with E-state index in [1.54, 1.807) is 47.4 Å². The molecule has 1 aromatic heterocycles. The van der Waals surface area contributed by atoms with Crippen LogP contribution in [0, 0.1) is 5.82 Å². The zero-order valence-electron chi connectivity index (χ0n) is 15.6. The highest BCUT2D eigenvalue weighted by Gasteiger charge is 2.29. The first-order valence-electron chi connectivity index (χ1n) is 9.71. The molecule has 0 unspecified atom stereocenters. The van der Waals surface area contributed by atoms with Crippen molar-refractivity contribution in [1.82, 2.24) is 4.90 Å². The quantitative estimate of drug-likeness (QED) is 0.606. The van der Waals surface area contributed by atoms with Crippen molar-refractivity contribution in [1.29, 1.82) is 0 Å². The molecule has 2 aromatic carbocycles. The van der Waals surface area contributed by atoms with E-state index < -0.39 is 11.5 Å².